The van der Waals surface area contributed by atoms with Crippen LogP contribution in [0.15, 0.2) is 114 Å². The number of nitrogens with zero attached hydrogens (tertiary/aromatic N) is 2. The van der Waals surface area contributed by atoms with Crippen LogP contribution in [0.3, 0.4) is 0 Å². The van der Waals surface area contributed by atoms with E-state index in [2.05, 4.69) is 114 Å². The van der Waals surface area contributed by atoms with Crippen LogP contribution in [-0.2, 0) is 12.8 Å². The van der Waals surface area contributed by atoms with Crippen molar-refractivity contribution in [1.29, 1.82) is 0 Å². The van der Waals surface area contributed by atoms with Crippen LogP contribution >= 0.6 is 0 Å². The average molecular weight is 429 g/mol. The molecule has 2 heteroatoms. The number of benzene rings is 4. The quantitative estimate of drug-likeness (QED) is 0.343. The highest BCUT2D eigenvalue weighted by atomic mass is 15.2. The zero-order chi connectivity index (χ0) is 22.0. The molecule has 0 saturated carbocycles. The average Bonchev–Trinajstić information content (AvgIpc) is 2.88. The van der Waals surface area contributed by atoms with Gasteiger partial charge in [-0.3, -0.25) is 4.99 Å². The number of anilines is 1. The highest BCUT2D eigenvalue weighted by molar-refractivity contribution is 6.13. The summed E-state index contributed by atoms with van der Waals surface area (Å²) in [7, 11) is 0. The van der Waals surface area contributed by atoms with Gasteiger partial charge in [-0.1, -0.05) is 97.1 Å². The van der Waals surface area contributed by atoms with E-state index in [4.69, 9.17) is 4.99 Å². The minimum atomic E-state index is 0.201. The molecule has 2 aliphatic heterocycles. The van der Waals surface area contributed by atoms with Gasteiger partial charge in [0.2, 0.25) is 0 Å². The third-order valence-electron chi connectivity index (χ3n) is 7.06. The summed E-state index contributed by atoms with van der Waals surface area (Å²) in [5, 5.41) is 0. The van der Waals surface area contributed by atoms with E-state index in [1.54, 1.807) is 0 Å². The van der Waals surface area contributed by atoms with Crippen molar-refractivity contribution in [3.63, 3.8) is 0 Å². The lowest BCUT2D eigenvalue weighted by atomic mass is 9.75. The fourth-order valence-corrected chi connectivity index (χ4v) is 5.65. The molecule has 6 rings (SSSR count). The van der Waals surface area contributed by atoms with E-state index in [0.29, 0.717) is 6.04 Å². The molecule has 0 radical (unpaired) electrons. The van der Waals surface area contributed by atoms with Gasteiger partial charge in [-0.2, -0.15) is 0 Å². The topological polar surface area (TPSA) is 15.6 Å². The van der Waals surface area contributed by atoms with Crippen LogP contribution in [0.4, 0.5) is 11.4 Å². The van der Waals surface area contributed by atoms with Crippen LogP contribution in [0.1, 0.15) is 34.6 Å². The first kappa shape index (κ1) is 20.0. The van der Waals surface area contributed by atoms with Crippen molar-refractivity contribution in [2.45, 2.75) is 31.2 Å². The summed E-state index contributed by atoms with van der Waals surface area (Å²) < 4.78 is 0. The predicted molar refractivity (Wildman–Crippen MR) is 138 cm³/mol. The number of aliphatic imine (C=N–C) groups is 1. The van der Waals surface area contributed by atoms with Crippen LogP contribution in [-0.4, -0.2) is 18.3 Å². The number of hydrogen-bond acceptors (Lipinski definition) is 2. The Kier molecular flexibility index (Phi) is 5.28. The molecule has 0 spiro atoms. The van der Waals surface area contributed by atoms with E-state index < -0.39 is 0 Å². The van der Waals surface area contributed by atoms with Crippen molar-refractivity contribution >= 4 is 17.1 Å². The summed E-state index contributed by atoms with van der Waals surface area (Å²) in [5.74, 6) is 0.201. The summed E-state index contributed by atoms with van der Waals surface area (Å²) in [6, 6.07) is 39.5. The van der Waals surface area contributed by atoms with E-state index in [-0.39, 0.29) is 5.92 Å². The third-order valence-corrected chi connectivity index (χ3v) is 7.06. The van der Waals surface area contributed by atoms with Crippen molar-refractivity contribution in [2.24, 2.45) is 4.99 Å². The van der Waals surface area contributed by atoms with E-state index in [1.165, 1.54) is 40.1 Å². The molecule has 0 amide bonds. The fraction of sp³-hybridized carbons (Fsp3) is 0.194. The monoisotopic (exact) mass is 428 g/mol. The van der Waals surface area contributed by atoms with Gasteiger partial charge in [0.1, 0.15) is 0 Å². The molecule has 0 saturated heterocycles. The van der Waals surface area contributed by atoms with Crippen molar-refractivity contribution in [3.8, 4) is 0 Å². The van der Waals surface area contributed by atoms with E-state index in [1.807, 2.05) is 0 Å². The zero-order valence-electron chi connectivity index (χ0n) is 18.8. The maximum Gasteiger partial charge on any atom is 0.0633 e. The van der Waals surface area contributed by atoms with Gasteiger partial charge in [0.25, 0.3) is 0 Å². The SMILES string of the molecule is c1ccc(C[C@@H]2[C@@H](c3ccccc3)C(=Nc3ccccc3)c3cccc4c3N2CCC4)cc1. The van der Waals surface area contributed by atoms with Crippen LogP contribution in [0.25, 0.3) is 0 Å². The molecule has 0 aromatic heterocycles. The van der Waals surface area contributed by atoms with Crippen molar-refractivity contribution in [2.75, 3.05) is 11.4 Å². The summed E-state index contributed by atoms with van der Waals surface area (Å²) >= 11 is 0. The second-order valence-corrected chi connectivity index (χ2v) is 9.09. The molecule has 2 atom stereocenters. The molecular weight excluding hydrogens is 400 g/mol. The van der Waals surface area contributed by atoms with Crippen LogP contribution in [0.2, 0.25) is 0 Å². The van der Waals surface area contributed by atoms with E-state index in [0.717, 1.165) is 25.1 Å². The zero-order valence-corrected chi connectivity index (χ0v) is 18.8. The molecule has 0 bridgehead atoms. The first-order chi connectivity index (χ1) is 16.4. The molecule has 4 aromatic carbocycles. The van der Waals surface area contributed by atoms with Crippen LogP contribution in [0, 0.1) is 0 Å². The maximum absolute atomic E-state index is 5.33. The number of hydrogen-bond donors (Lipinski definition) is 0. The normalized spacial score (nSPS) is 20.5. The Morgan fingerprint density at radius 3 is 2.18 bits per heavy atom. The van der Waals surface area contributed by atoms with Crippen molar-refractivity contribution < 1.29 is 0 Å². The van der Waals surface area contributed by atoms with Crippen molar-refractivity contribution in [1.82, 2.24) is 0 Å². The third kappa shape index (κ3) is 3.76. The molecule has 4 aromatic rings. The van der Waals surface area contributed by atoms with Gasteiger partial charge in [-0.15, -0.1) is 0 Å². The van der Waals surface area contributed by atoms with E-state index in [9.17, 15) is 0 Å². The Hall–Kier alpha value is -3.65. The Labute approximate surface area is 196 Å². The molecule has 0 aliphatic carbocycles. The number of aryl methyl sites for hydroxylation is 1. The smallest absolute Gasteiger partial charge is 0.0633 e. The van der Waals surface area contributed by atoms with E-state index >= 15 is 0 Å². The second kappa shape index (κ2) is 8.71. The first-order valence-electron chi connectivity index (χ1n) is 12.0. The summed E-state index contributed by atoms with van der Waals surface area (Å²) in [4.78, 5) is 8.03. The van der Waals surface area contributed by atoms with Gasteiger partial charge in [0.15, 0.2) is 0 Å². The molecular formula is C31H28N2. The minimum Gasteiger partial charge on any atom is -0.366 e. The molecule has 2 heterocycles. The van der Waals surface area contributed by atoms with Gasteiger partial charge >= 0.3 is 0 Å². The largest absolute Gasteiger partial charge is 0.366 e. The lowest BCUT2D eigenvalue weighted by molar-refractivity contribution is 0.521. The van der Waals surface area contributed by atoms with Gasteiger partial charge in [-0.25, -0.2) is 0 Å². The Balaban J connectivity index is 1.59. The van der Waals surface area contributed by atoms with Crippen LogP contribution in [0.5, 0.6) is 0 Å². The van der Waals surface area contributed by atoms with Gasteiger partial charge in [0.05, 0.1) is 11.4 Å². The minimum absolute atomic E-state index is 0.201. The van der Waals surface area contributed by atoms with Crippen molar-refractivity contribution in [3.05, 3.63) is 131 Å². The molecule has 2 nitrogen and oxygen atoms in total. The molecule has 2 aliphatic rings. The predicted octanol–water partition coefficient (Wildman–Crippen LogP) is 6.97. The Morgan fingerprint density at radius 2 is 1.42 bits per heavy atom. The first-order valence-corrected chi connectivity index (χ1v) is 12.0. The summed E-state index contributed by atoms with van der Waals surface area (Å²) in [5.41, 5.74) is 9.12. The molecule has 33 heavy (non-hydrogen) atoms. The molecule has 0 N–H and O–H groups in total. The molecule has 0 unspecified atom stereocenters. The highest BCUT2D eigenvalue weighted by Gasteiger charge is 2.41. The van der Waals surface area contributed by atoms with Gasteiger partial charge < -0.3 is 4.90 Å². The number of rotatable bonds is 4. The highest BCUT2D eigenvalue weighted by Crippen LogP contribution is 2.45. The summed E-state index contributed by atoms with van der Waals surface area (Å²) in [6.45, 7) is 1.10. The fourth-order valence-electron chi connectivity index (χ4n) is 5.65. The Bertz CT molecular complexity index is 1260. The van der Waals surface area contributed by atoms with Crippen LogP contribution < -0.4 is 4.90 Å². The summed E-state index contributed by atoms with van der Waals surface area (Å²) in [6.07, 6.45) is 3.35. The Morgan fingerprint density at radius 1 is 0.727 bits per heavy atom. The lowest BCUT2D eigenvalue weighted by Gasteiger charge is -2.47. The van der Waals surface area contributed by atoms with Gasteiger partial charge in [-0.05, 0) is 48.1 Å². The molecule has 0 fully saturated rings. The van der Waals surface area contributed by atoms with Gasteiger partial charge in [0, 0.05) is 29.8 Å². The maximum atomic E-state index is 5.33. The standard InChI is InChI=1S/C31H28N2/c1-4-12-23(13-5-1)22-28-29(24-14-6-2-7-15-24)30(32-26-18-8-3-9-19-26)27-20-10-16-25-17-11-21-33(28)31(25)27/h1-10,12-16,18-20,28-29H,11,17,21-22H2/t28-,29-/m1/s1. The molecule has 162 valence electrons. The lowest BCUT2D eigenvalue weighted by Crippen LogP contribution is -2.50. The second-order valence-electron chi connectivity index (χ2n) is 9.09. The number of para-hydroxylation sites is 2.